The summed E-state index contributed by atoms with van der Waals surface area (Å²) in [5.41, 5.74) is 1.33. The number of allylic oxidation sites excluding steroid dienone is 3. The van der Waals surface area contributed by atoms with Gasteiger partial charge in [0.05, 0.1) is 10.6 Å². The fourth-order valence-corrected chi connectivity index (χ4v) is 4.82. The molecule has 0 aromatic heterocycles. The zero-order valence-electron chi connectivity index (χ0n) is 18.4. The molecule has 0 radical (unpaired) electrons. The van der Waals surface area contributed by atoms with Crippen molar-refractivity contribution in [3.8, 4) is 0 Å². The van der Waals surface area contributed by atoms with E-state index in [2.05, 4.69) is 20.7 Å². The number of hydrogen-bond donors (Lipinski definition) is 2. The number of hydrogen-bond acceptors (Lipinski definition) is 4. The highest BCUT2D eigenvalue weighted by molar-refractivity contribution is 6.33. The van der Waals surface area contributed by atoms with Crippen molar-refractivity contribution in [1.82, 2.24) is 10.6 Å². The van der Waals surface area contributed by atoms with Crippen LogP contribution in [-0.2, 0) is 0 Å². The van der Waals surface area contributed by atoms with E-state index >= 15 is 0 Å². The van der Waals surface area contributed by atoms with Gasteiger partial charge in [-0.05, 0) is 55.2 Å². The van der Waals surface area contributed by atoms with Gasteiger partial charge in [-0.25, -0.2) is 0 Å². The van der Waals surface area contributed by atoms with Crippen LogP contribution in [0.3, 0.4) is 0 Å². The van der Waals surface area contributed by atoms with Gasteiger partial charge in [-0.2, -0.15) is 4.99 Å². The molecule has 1 aromatic rings. The summed E-state index contributed by atoms with van der Waals surface area (Å²) in [5.74, 6) is -0.0501. The summed E-state index contributed by atoms with van der Waals surface area (Å²) >= 11 is 6.10. The number of nitrogens with one attached hydrogen (secondary N) is 2. The number of benzene rings is 1. The molecule has 2 N–H and O–H groups in total. The normalized spacial score (nSPS) is 27.1. The number of rotatable bonds is 5. The predicted molar refractivity (Wildman–Crippen MR) is 121 cm³/mol. The summed E-state index contributed by atoms with van der Waals surface area (Å²) in [4.78, 5) is 16.7. The molecular formula is C23H26ClF3N5O+. The van der Waals surface area contributed by atoms with E-state index in [1.54, 1.807) is 31.2 Å². The molecule has 2 aliphatic heterocycles. The number of aliphatic imine (C=N–C) groups is 1. The van der Waals surface area contributed by atoms with Gasteiger partial charge in [0, 0.05) is 31.3 Å². The van der Waals surface area contributed by atoms with Crippen molar-refractivity contribution < 1.29 is 22.6 Å². The molecule has 1 atom stereocenters. The number of halogens is 4. The molecule has 1 unspecified atom stereocenters. The molecule has 176 valence electrons. The molecule has 1 aliphatic carbocycles. The fourth-order valence-electron chi connectivity index (χ4n) is 4.60. The van der Waals surface area contributed by atoms with Crippen LogP contribution in [0.25, 0.3) is 0 Å². The summed E-state index contributed by atoms with van der Waals surface area (Å²) in [5, 5.41) is 10.4. The van der Waals surface area contributed by atoms with E-state index in [0.29, 0.717) is 28.5 Å². The second kappa shape index (κ2) is 8.95. The standard InChI is InChI=1S/C23H25ClF3N5O/c1-14-11-15(2)32(23(25,26)27)21(30-14)20(13-29-32)28-12-16-7-9-17(10-8-16)31-22(33)18-5-3-4-6-19(18)24/h3-6,11,13,16-17,28H,7-10,12H2,1-2H3/p+1. The zero-order chi connectivity index (χ0) is 23.8. The van der Waals surface area contributed by atoms with Gasteiger partial charge in [-0.1, -0.05) is 28.8 Å². The lowest BCUT2D eigenvalue weighted by atomic mass is 9.86. The van der Waals surface area contributed by atoms with Gasteiger partial charge in [0.2, 0.25) is 0 Å². The van der Waals surface area contributed by atoms with E-state index in [9.17, 15) is 18.0 Å². The Balaban J connectivity index is 1.36. The van der Waals surface area contributed by atoms with Crippen LogP contribution in [0.2, 0.25) is 5.02 Å². The maximum atomic E-state index is 14.0. The fraction of sp³-hybridized carbons (Fsp3) is 0.435. The molecule has 10 heteroatoms. The average molecular weight is 481 g/mol. The summed E-state index contributed by atoms with van der Waals surface area (Å²) in [7, 11) is 0. The lowest BCUT2D eigenvalue weighted by molar-refractivity contribution is -0.971. The van der Waals surface area contributed by atoms with Crippen molar-refractivity contribution in [3.63, 3.8) is 0 Å². The van der Waals surface area contributed by atoms with Crippen LogP contribution in [-0.4, -0.2) is 41.3 Å². The highest BCUT2D eigenvalue weighted by Gasteiger charge is 2.65. The molecule has 1 aromatic carbocycles. The van der Waals surface area contributed by atoms with Gasteiger partial charge < -0.3 is 10.6 Å². The third kappa shape index (κ3) is 4.44. The molecule has 3 aliphatic rings. The Morgan fingerprint density at radius 3 is 2.55 bits per heavy atom. The first kappa shape index (κ1) is 23.5. The van der Waals surface area contributed by atoms with Crippen molar-refractivity contribution in [2.24, 2.45) is 16.0 Å². The highest BCUT2D eigenvalue weighted by Crippen LogP contribution is 2.46. The highest BCUT2D eigenvalue weighted by atomic mass is 35.5. The van der Waals surface area contributed by atoms with Crippen molar-refractivity contribution >= 4 is 29.4 Å². The van der Waals surface area contributed by atoms with Crippen molar-refractivity contribution in [2.45, 2.75) is 51.9 Å². The number of quaternary nitrogens is 1. The smallest absolute Gasteiger partial charge is 0.377 e. The molecule has 4 rings (SSSR count). The predicted octanol–water partition coefficient (Wildman–Crippen LogP) is 5.10. The minimum Gasteiger partial charge on any atom is -0.377 e. The third-order valence-corrected chi connectivity index (χ3v) is 6.70. The van der Waals surface area contributed by atoms with E-state index in [1.165, 1.54) is 19.2 Å². The first-order chi connectivity index (χ1) is 15.6. The lowest BCUT2D eigenvalue weighted by Crippen LogP contribution is -2.51. The topological polar surface area (TPSA) is 65.8 Å². The minimum atomic E-state index is -4.63. The maximum Gasteiger partial charge on any atom is 0.598 e. The molecule has 0 saturated heterocycles. The Labute approximate surface area is 195 Å². The van der Waals surface area contributed by atoms with Crippen molar-refractivity contribution in [2.75, 3.05) is 6.54 Å². The second-order valence-electron chi connectivity index (χ2n) is 8.68. The molecule has 2 heterocycles. The zero-order valence-corrected chi connectivity index (χ0v) is 19.2. The van der Waals surface area contributed by atoms with Crippen molar-refractivity contribution in [3.05, 3.63) is 58.1 Å². The molecule has 1 fully saturated rings. The average Bonchev–Trinajstić information content (AvgIpc) is 3.13. The molecule has 0 bridgehead atoms. The van der Waals surface area contributed by atoms with Gasteiger partial charge in [-0.3, -0.25) is 4.79 Å². The van der Waals surface area contributed by atoms with Gasteiger partial charge in [0.15, 0.2) is 0 Å². The minimum absolute atomic E-state index is 0.0491. The van der Waals surface area contributed by atoms with E-state index < -0.39 is 10.9 Å². The van der Waals surface area contributed by atoms with Crippen LogP contribution in [0.15, 0.2) is 57.7 Å². The third-order valence-electron chi connectivity index (χ3n) is 6.37. The van der Waals surface area contributed by atoms with Gasteiger partial charge in [-0.15, -0.1) is 13.2 Å². The summed E-state index contributed by atoms with van der Waals surface area (Å²) in [6.45, 7) is 3.62. The largest absolute Gasteiger partial charge is 0.598 e. The van der Waals surface area contributed by atoms with Crippen LogP contribution < -0.4 is 10.6 Å². The van der Waals surface area contributed by atoms with Gasteiger partial charge in [0.1, 0.15) is 17.6 Å². The van der Waals surface area contributed by atoms with Crippen LogP contribution in [0.1, 0.15) is 49.9 Å². The van der Waals surface area contributed by atoms with Gasteiger partial charge in [0.25, 0.3) is 11.7 Å². The SMILES string of the molecule is CC1=CC(C)=NC2=C(NCC3CCC(NC(=O)c4ccccc4Cl)CC3)C=N[N+]12C(F)(F)F. The second-order valence-corrected chi connectivity index (χ2v) is 9.08. The first-order valence-corrected chi connectivity index (χ1v) is 11.3. The molecular weight excluding hydrogens is 455 g/mol. The monoisotopic (exact) mass is 480 g/mol. The molecule has 1 amide bonds. The summed E-state index contributed by atoms with van der Waals surface area (Å²) < 4.78 is 40.3. The molecule has 1 saturated carbocycles. The maximum absolute atomic E-state index is 14.0. The Bertz CT molecular complexity index is 1070. The Morgan fingerprint density at radius 1 is 1.18 bits per heavy atom. The number of carbonyl (C=O) groups is 1. The van der Waals surface area contributed by atoms with E-state index in [0.717, 1.165) is 25.7 Å². The Hall–Kier alpha value is -2.65. The molecule has 6 nitrogen and oxygen atoms in total. The van der Waals surface area contributed by atoms with Crippen LogP contribution >= 0.6 is 11.6 Å². The number of carbonyl (C=O) groups excluding carboxylic acids is 1. The number of fused-ring (bicyclic) bond motifs is 1. The summed E-state index contributed by atoms with van der Waals surface area (Å²) in [6, 6.07) is 6.97. The lowest BCUT2D eigenvalue weighted by Gasteiger charge is -2.32. The Morgan fingerprint density at radius 2 is 1.88 bits per heavy atom. The van der Waals surface area contributed by atoms with Crippen molar-refractivity contribution in [1.29, 1.82) is 0 Å². The molecule has 33 heavy (non-hydrogen) atoms. The van der Waals surface area contributed by atoms with Gasteiger partial charge >= 0.3 is 6.30 Å². The number of nitrogens with zero attached hydrogens (tertiary/aromatic N) is 3. The van der Waals surface area contributed by atoms with E-state index in [4.69, 9.17) is 11.6 Å². The summed E-state index contributed by atoms with van der Waals surface area (Å²) in [6.07, 6.45) is 1.31. The van der Waals surface area contributed by atoms with E-state index in [-0.39, 0.29) is 29.4 Å². The van der Waals surface area contributed by atoms with Crippen LogP contribution in [0.4, 0.5) is 13.2 Å². The van der Waals surface area contributed by atoms with Crippen LogP contribution in [0, 0.1) is 5.92 Å². The first-order valence-electron chi connectivity index (χ1n) is 10.9. The molecule has 0 spiro atoms. The Kier molecular flexibility index (Phi) is 6.37. The number of amides is 1. The quantitative estimate of drug-likeness (QED) is 0.455. The number of alkyl halides is 3. The van der Waals surface area contributed by atoms with E-state index in [1.807, 2.05) is 0 Å². The van der Waals surface area contributed by atoms with Crippen LogP contribution in [0.5, 0.6) is 0 Å².